The monoisotopic (exact) mass is 304 g/mol. The van der Waals surface area contributed by atoms with E-state index in [-0.39, 0.29) is 17.8 Å². The first kappa shape index (κ1) is 18.5. The molecule has 3 nitrogen and oxygen atoms in total. The van der Waals surface area contributed by atoms with E-state index in [2.05, 4.69) is 12.7 Å². The summed E-state index contributed by atoms with van der Waals surface area (Å²) in [6.07, 6.45) is 3.61. The lowest BCUT2D eigenvalue weighted by Crippen LogP contribution is -2.15. The van der Waals surface area contributed by atoms with Crippen molar-refractivity contribution in [3.05, 3.63) is 47.2 Å². The molecule has 0 spiro atoms. The Morgan fingerprint density at radius 1 is 1.23 bits per heavy atom. The zero-order valence-corrected chi connectivity index (χ0v) is 13.8. The molecule has 122 valence electrons. The molecular formula is C19H28O3. The minimum absolute atomic E-state index is 0.108. The van der Waals surface area contributed by atoms with E-state index in [0.717, 1.165) is 18.4 Å². The second kappa shape index (κ2) is 9.47. The van der Waals surface area contributed by atoms with Crippen LogP contribution in [0.4, 0.5) is 0 Å². The van der Waals surface area contributed by atoms with Gasteiger partial charge in [-0.3, -0.25) is 0 Å². The molecule has 0 aromatic heterocycles. The second-order valence-corrected chi connectivity index (χ2v) is 6.03. The van der Waals surface area contributed by atoms with Crippen molar-refractivity contribution < 1.29 is 15.3 Å². The molecule has 0 unspecified atom stereocenters. The fourth-order valence-electron chi connectivity index (χ4n) is 2.23. The smallest absolute Gasteiger partial charge is 0.121 e. The number of para-hydroxylation sites is 1. The van der Waals surface area contributed by atoms with Crippen LogP contribution in [0.1, 0.15) is 58.1 Å². The van der Waals surface area contributed by atoms with Gasteiger partial charge in [-0.2, -0.15) is 0 Å². The van der Waals surface area contributed by atoms with E-state index >= 15 is 0 Å². The van der Waals surface area contributed by atoms with Gasteiger partial charge < -0.3 is 15.3 Å². The molecule has 0 bridgehead atoms. The second-order valence-electron chi connectivity index (χ2n) is 6.03. The van der Waals surface area contributed by atoms with Gasteiger partial charge in [0.05, 0.1) is 12.2 Å². The number of phenols is 1. The van der Waals surface area contributed by atoms with Crippen molar-refractivity contribution >= 4 is 0 Å². The minimum atomic E-state index is -0.744. The summed E-state index contributed by atoms with van der Waals surface area (Å²) in [7, 11) is 0. The summed E-state index contributed by atoms with van der Waals surface area (Å²) < 4.78 is 0. The Kier molecular flexibility index (Phi) is 7.97. The molecule has 3 heteroatoms. The van der Waals surface area contributed by atoms with Gasteiger partial charge in [-0.15, -0.1) is 5.73 Å². The van der Waals surface area contributed by atoms with Crippen LogP contribution in [0.15, 0.2) is 41.6 Å². The molecule has 0 aliphatic heterocycles. The summed E-state index contributed by atoms with van der Waals surface area (Å²) in [4.78, 5) is 0. The van der Waals surface area contributed by atoms with Crippen LogP contribution < -0.4 is 0 Å². The fraction of sp³-hybridized carbons (Fsp3) is 0.526. The number of phenolic OH excluding ortho intramolecular Hbond substituents is 1. The topological polar surface area (TPSA) is 60.7 Å². The Morgan fingerprint density at radius 2 is 1.91 bits per heavy atom. The van der Waals surface area contributed by atoms with Gasteiger partial charge in [-0.25, -0.2) is 0 Å². The van der Waals surface area contributed by atoms with E-state index in [9.17, 15) is 15.3 Å². The molecule has 22 heavy (non-hydrogen) atoms. The van der Waals surface area contributed by atoms with Crippen molar-refractivity contribution in [3.63, 3.8) is 0 Å². The van der Waals surface area contributed by atoms with Crippen molar-refractivity contribution in [2.45, 2.75) is 58.7 Å². The predicted molar refractivity (Wildman–Crippen MR) is 89.6 cm³/mol. The molecule has 0 radical (unpaired) electrons. The molecule has 3 N–H and O–H groups in total. The lowest BCUT2D eigenvalue weighted by molar-refractivity contribution is 0.125. The Hall–Kier alpha value is -1.54. The molecule has 0 aliphatic rings. The van der Waals surface area contributed by atoms with E-state index in [4.69, 9.17) is 0 Å². The third-order valence-electron chi connectivity index (χ3n) is 3.72. The van der Waals surface area contributed by atoms with Crippen LogP contribution in [0.25, 0.3) is 0 Å². The number of rotatable bonds is 8. The van der Waals surface area contributed by atoms with Gasteiger partial charge in [0.15, 0.2) is 0 Å². The summed E-state index contributed by atoms with van der Waals surface area (Å²) >= 11 is 0. The molecule has 0 aliphatic carbocycles. The normalized spacial score (nSPS) is 13.5. The highest BCUT2D eigenvalue weighted by Gasteiger charge is 2.12. The first-order valence-electron chi connectivity index (χ1n) is 8.02. The van der Waals surface area contributed by atoms with Crippen molar-refractivity contribution in [3.8, 4) is 5.75 Å². The summed E-state index contributed by atoms with van der Waals surface area (Å²) in [5, 5.41) is 29.8. The van der Waals surface area contributed by atoms with Gasteiger partial charge in [0.25, 0.3) is 0 Å². The number of hydrogen-bond acceptors (Lipinski definition) is 3. The maximum Gasteiger partial charge on any atom is 0.121 e. The van der Waals surface area contributed by atoms with Crippen molar-refractivity contribution in [2.75, 3.05) is 0 Å². The van der Waals surface area contributed by atoms with Gasteiger partial charge in [-0.05, 0) is 30.1 Å². The quantitative estimate of drug-likeness (QED) is 0.634. The van der Waals surface area contributed by atoms with Gasteiger partial charge in [0.1, 0.15) is 5.75 Å². The fourth-order valence-corrected chi connectivity index (χ4v) is 2.23. The third-order valence-corrected chi connectivity index (χ3v) is 3.72. The summed E-state index contributed by atoms with van der Waals surface area (Å²) in [5.74, 6) is 0.330. The Labute approximate surface area is 133 Å². The van der Waals surface area contributed by atoms with E-state index < -0.39 is 6.10 Å². The van der Waals surface area contributed by atoms with E-state index in [0.29, 0.717) is 18.4 Å². The average Bonchev–Trinajstić information content (AvgIpc) is 2.47. The van der Waals surface area contributed by atoms with Crippen molar-refractivity contribution in [1.29, 1.82) is 0 Å². The van der Waals surface area contributed by atoms with Gasteiger partial charge in [0, 0.05) is 18.4 Å². The summed E-state index contributed by atoms with van der Waals surface area (Å²) in [6.45, 7) is 6.10. The van der Waals surface area contributed by atoms with E-state index in [1.165, 1.54) is 0 Å². The lowest BCUT2D eigenvalue weighted by Gasteiger charge is -2.15. The largest absolute Gasteiger partial charge is 0.508 e. The van der Waals surface area contributed by atoms with Gasteiger partial charge in [-0.1, -0.05) is 45.4 Å². The molecule has 2 atom stereocenters. The zero-order chi connectivity index (χ0) is 16.5. The van der Waals surface area contributed by atoms with Crippen molar-refractivity contribution in [2.24, 2.45) is 5.92 Å². The zero-order valence-electron chi connectivity index (χ0n) is 13.8. The molecule has 1 aromatic rings. The maximum absolute atomic E-state index is 10.1. The number of hydrogen-bond donors (Lipinski definition) is 3. The van der Waals surface area contributed by atoms with Crippen LogP contribution >= 0.6 is 0 Å². The summed E-state index contributed by atoms with van der Waals surface area (Å²) in [5.41, 5.74) is 4.82. The van der Waals surface area contributed by atoms with Crippen LogP contribution in [0.3, 0.4) is 0 Å². The molecule has 1 rings (SSSR count). The highest BCUT2D eigenvalue weighted by Crippen LogP contribution is 2.26. The molecular weight excluding hydrogens is 276 g/mol. The number of benzene rings is 1. The summed E-state index contributed by atoms with van der Waals surface area (Å²) in [6, 6.07) is 6.81. The molecule has 0 amide bonds. The first-order valence-corrected chi connectivity index (χ1v) is 8.02. The standard InChI is InChI=1S/C19H28O3/c1-4-8-15(13-19(22)14(2)3)9-7-12-18(21)16-10-5-6-11-17(16)20/h5-7,10-11,14,18-22H,4,8,12-13H2,1-3H3/t9?,18-,19-/m1/s1. The SMILES string of the molecule is CCCC(=C=CC[C@@H](O)c1ccccc1O)C[C@@H](O)C(C)C. The van der Waals surface area contributed by atoms with E-state index in [1.807, 2.05) is 13.8 Å². The Balaban J connectivity index is 2.74. The number of aromatic hydroxyl groups is 1. The minimum Gasteiger partial charge on any atom is -0.508 e. The number of aliphatic hydroxyl groups excluding tert-OH is 2. The van der Waals surface area contributed by atoms with Crippen molar-refractivity contribution in [1.82, 2.24) is 0 Å². The Morgan fingerprint density at radius 3 is 2.50 bits per heavy atom. The lowest BCUT2D eigenvalue weighted by atomic mass is 9.97. The average molecular weight is 304 g/mol. The van der Waals surface area contributed by atoms with Crippen LogP contribution in [0.2, 0.25) is 0 Å². The maximum atomic E-state index is 10.1. The van der Waals surface area contributed by atoms with Crippen LogP contribution in [-0.2, 0) is 0 Å². The Bertz CT molecular complexity index is 513. The van der Waals surface area contributed by atoms with Crippen LogP contribution in [-0.4, -0.2) is 21.4 Å². The highest BCUT2D eigenvalue weighted by molar-refractivity contribution is 5.33. The molecule has 0 saturated carbocycles. The highest BCUT2D eigenvalue weighted by atomic mass is 16.3. The molecule has 0 fully saturated rings. The molecule has 1 aromatic carbocycles. The molecule has 0 heterocycles. The van der Waals surface area contributed by atoms with E-state index in [1.54, 1.807) is 30.3 Å². The van der Waals surface area contributed by atoms with Gasteiger partial charge >= 0.3 is 0 Å². The number of aliphatic hydroxyl groups is 2. The first-order chi connectivity index (χ1) is 10.5. The third kappa shape index (κ3) is 6.07. The van der Waals surface area contributed by atoms with Crippen LogP contribution in [0.5, 0.6) is 5.75 Å². The predicted octanol–water partition coefficient (Wildman–Crippen LogP) is 4.10. The van der Waals surface area contributed by atoms with Crippen LogP contribution in [0, 0.1) is 5.92 Å². The van der Waals surface area contributed by atoms with Gasteiger partial charge in [0.2, 0.25) is 0 Å². The molecule has 0 saturated heterocycles.